The molecule has 0 radical (unpaired) electrons. The maximum atomic E-state index is 13.8. The summed E-state index contributed by atoms with van der Waals surface area (Å²) in [6, 6.07) is 14.5. The summed E-state index contributed by atoms with van der Waals surface area (Å²) in [5.41, 5.74) is 3.02. The Morgan fingerprint density at radius 3 is 2.56 bits per heavy atom. The van der Waals surface area contributed by atoms with Gasteiger partial charge in [0.25, 0.3) is 0 Å². The fourth-order valence-electron chi connectivity index (χ4n) is 4.86. The standard InChI is InChI=1S/C26H29ClFN3O/c1-3-31(26(32)30-17(2)18-4-8-20(27)9-5-18)22-11-6-19(7-12-22)23-14-15-29-25-13-10-21(28)16-24(23)25/h4-5,8-10,13-17,19,22H,3,6-7,11-12H2,1-2H3,(H,30,32)/t17-,19-,22+/m0/s1. The normalized spacial score (nSPS) is 19.5. The van der Waals surface area contributed by atoms with E-state index in [1.54, 1.807) is 12.1 Å². The van der Waals surface area contributed by atoms with E-state index in [4.69, 9.17) is 11.6 Å². The monoisotopic (exact) mass is 453 g/mol. The molecule has 1 atom stereocenters. The number of aromatic nitrogens is 1. The number of carbonyl (C=O) groups excluding carboxylic acids is 1. The number of benzene rings is 2. The molecule has 3 aromatic rings. The molecule has 0 bridgehead atoms. The lowest BCUT2D eigenvalue weighted by molar-refractivity contribution is 0.153. The van der Waals surface area contributed by atoms with Crippen molar-refractivity contribution in [2.75, 3.05) is 6.54 Å². The van der Waals surface area contributed by atoms with Crippen molar-refractivity contribution in [2.24, 2.45) is 0 Å². The van der Waals surface area contributed by atoms with Crippen LogP contribution in [0.15, 0.2) is 54.7 Å². The van der Waals surface area contributed by atoms with Crippen molar-refractivity contribution >= 4 is 28.5 Å². The van der Waals surface area contributed by atoms with E-state index < -0.39 is 0 Å². The zero-order chi connectivity index (χ0) is 22.7. The van der Waals surface area contributed by atoms with Crippen LogP contribution in [0.2, 0.25) is 5.02 Å². The van der Waals surface area contributed by atoms with Gasteiger partial charge in [0.15, 0.2) is 0 Å². The number of hydrogen-bond donors (Lipinski definition) is 1. The van der Waals surface area contributed by atoms with Gasteiger partial charge in [0.1, 0.15) is 5.82 Å². The number of halogens is 2. The van der Waals surface area contributed by atoms with E-state index in [2.05, 4.69) is 10.3 Å². The van der Waals surface area contributed by atoms with Gasteiger partial charge in [-0.25, -0.2) is 9.18 Å². The van der Waals surface area contributed by atoms with Gasteiger partial charge < -0.3 is 10.2 Å². The molecule has 1 aliphatic rings. The molecule has 2 amide bonds. The average Bonchev–Trinajstić information content (AvgIpc) is 2.80. The molecule has 1 aromatic heterocycles. The van der Waals surface area contributed by atoms with Crippen molar-refractivity contribution in [3.63, 3.8) is 0 Å². The van der Waals surface area contributed by atoms with Crippen LogP contribution in [0, 0.1) is 5.82 Å². The summed E-state index contributed by atoms with van der Waals surface area (Å²) in [7, 11) is 0. The number of amides is 2. The molecule has 6 heteroatoms. The van der Waals surface area contributed by atoms with E-state index in [1.165, 1.54) is 6.07 Å². The largest absolute Gasteiger partial charge is 0.331 e. The second-order valence-corrected chi connectivity index (χ2v) is 9.01. The highest BCUT2D eigenvalue weighted by Crippen LogP contribution is 2.37. The van der Waals surface area contributed by atoms with Crippen LogP contribution in [-0.2, 0) is 0 Å². The Kier molecular flexibility index (Phi) is 6.95. The van der Waals surface area contributed by atoms with Crippen molar-refractivity contribution < 1.29 is 9.18 Å². The van der Waals surface area contributed by atoms with Gasteiger partial charge in [0, 0.05) is 29.2 Å². The number of urea groups is 1. The van der Waals surface area contributed by atoms with Gasteiger partial charge in [-0.1, -0.05) is 23.7 Å². The predicted molar refractivity (Wildman–Crippen MR) is 127 cm³/mol. The fourth-order valence-corrected chi connectivity index (χ4v) is 4.99. The van der Waals surface area contributed by atoms with Gasteiger partial charge in [-0.3, -0.25) is 4.98 Å². The molecule has 1 fully saturated rings. The van der Waals surface area contributed by atoms with Crippen molar-refractivity contribution in [3.8, 4) is 0 Å². The topological polar surface area (TPSA) is 45.2 Å². The van der Waals surface area contributed by atoms with Gasteiger partial charge in [0.2, 0.25) is 0 Å². The van der Waals surface area contributed by atoms with Gasteiger partial charge >= 0.3 is 6.03 Å². The van der Waals surface area contributed by atoms with Crippen molar-refractivity contribution in [1.82, 2.24) is 15.2 Å². The van der Waals surface area contributed by atoms with E-state index in [0.29, 0.717) is 17.5 Å². The van der Waals surface area contributed by atoms with Crippen LogP contribution in [0.1, 0.15) is 62.6 Å². The van der Waals surface area contributed by atoms with E-state index in [-0.39, 0.29) is 23.9 Å². The number of pyridine rings is 1. The lowest BCUT2D eigenvalue weighted by Crippen LogP contribution is -2.47. The number of hydrogen-bond acceptors (Lipinski definition) is 2. The maximum Gasteiger partial charge on any atom is 0.318 e. The first-order valence-corrected chi connectivity index (χ1v) is 11.7. The van der Waals surface area contributed by atoms with Gasteiger partial charge in [-0.2, -0.15) is 0 Å². The quantitative estimate of drug-likeness (QED) is 0.459. The zero-order valence-corrected chi connectivity index (χ0v) is 19.3. The first-order chi connectivity index (χ1) is 15.5. The lowest BCUT2D eigenvalue weighted by atomic mass is 9.80. The van der Waals surface area contributed by atoms with Crippen LogP contribution in [0.5, 0.6) is 0 Å². The Bertz CT molecular complexity index is 1080. The summed E-state index contributed by atoms with van der Waals surface area (Å²) in [5, 5.41) is 4.72. The minimum atomic E-state index is -0.232. The molecule has 4 rings (SSSR count). The third kappa shape index (κ3) is 4.88. The Hall–Kier alpha value is -2.66. The van der Waals surface area contributed by atoms with Crippen molar-refractivity contribution in [2.45, 2.75) is 57.5 Å². The molecule has 0 saturated heterocycles. The molecule has 0 aliphatic heterocycles. The molecule has 1 N–H and O–H groups in total. The second-order valence-electron chi connectivity index (χ2n) is 8.58. The molecule has 0 unspecified atom stereocenters. The minimum absolute atomic E-state index is 0.0326. The van der Waals surface area contributed by atoms with Crippen LogP contribution in [0.3, 0.4) is 0 Å². The second kappa shape index (κ2) is 9.86. The SMILES string of the molecule is CCN(C(=O)N[C@@H](C)c1ccc(Cl)cc1)[C@H]1CC[C@@H](c2ccnc3ccc(F)cc32)CC1. The molecular formula is C26H29ClFN3O. The molecule has 0 spiro atoms. The molecule has 168 valence electrons. The van der Waals surface area contributed by atoms with Crippen molar-refractivity contribution in [1.29, 1.82) is 0 Å². The van der Waals surface area contributed by atoms with Crippen LogP contribution in [-0.4, -0.2) is 28.5 Å². The minimum Gasteiger partial charge on any atom is -0.331 e. The summed E-state index contributed by atoms with van der Waals surface area (Å²) < 4.78 is 13.8. The van der Waals surface area contributed by atoms with Gasteiger partial charge in [-0.15, -0.1) is 0 Å². The van der Waals surface area contributed by atoms with Gasteiger partial charge in [-0.05, 0) is 93.0 Å². The molecule has 1 aliphatic carbocycles. The number of carbonyl (C=O) groups is 1. The fraction of sp³-hybridized carbons (Fsp3) is 0.385. The number of fused-ring (bicyclic) bond motifs is 1. The lowest BCUT2D eigenvalue weighted by Gasteiger charge is -2.37. The molecule has 4 nitrogen and oxygen atoms in total. The first-order valence-electron chi connectivity index (χ1n) is 11.3. The molecule has 2 aromatic carbocycles. The highest BCUT2D eigenvalue weighted by molar-refractivity contribution is 6.30. The van der Waals surface area contributed by atoms with Crippen LogP contribution < -0.4 is 5.32 Å². The van der Waals surface area contributed by atoms with Gasteiger partial charge in [0.05, 0.1) is 11.6 Å². The average molecular weight is 454 g/mol. The summed E-state index contributed by atoms with van der Waals surface area (Å²) in [5.74, 6) is 0.123. The smallest absolute Gasteiger partial charge is 0.318 e. The Labute approximate surface area is 193 Å². The molecule has 32 heavy (non-hydrogen) atoms. The maximum absolute atomic E-state index is 13.8. The zero-order valence-electron chi connectivity index (χ0n) is 18.5. The third-order valence-corrected chi connectivity index (χ3v) is 6.88. The molecule has 1 heterocycles. The number of rotatable bonds is 5. The van der Waals surface area contributed by atoms with E-state index in [1.807, 2.05) is 55.3 Å². The summed E-state index contributed by atoms with van der Waals surface area (Å²) in [4.78, 5) is 19.4. The number of nitrogens with one attached hydrogen (secondary N) is 1. The van der Waals surface area contributed by atoms with E-state index >= 15 is 0 Å². The first kappa shape index (κ1) is 22.5. The van der Waals surface area contributed by atoms with Crippen LogP contribution in [0.4, 0.5) is 9.18 Å². The Balaban J connectivity index is 1.41. The van der Waals surface area contributed by atoms with Crippen LogP contribution in [0.25, 0.3) is 10.9 Å². The molecule has 1 saturated carbocycles. The summed E-state index contributed by atoms with van der Waals surface area (Å²) in [6.45, 7) is 4.68. The number of nitrogens with zero attached hydrogens (tertiary/aromatic N) is 2. The van der Waals surface area contributed by atoms with Crippen molar-refractivity contribution in [3.05, 3.63) is 76.7 Å². The Morgan fingerprint density at radius 1 is 1.16 bits per heavy atom. The highest BCUT2D eigenvalue weighted by atomic mass is 35.5. The third-order valence-electron chi connectivity index (χ3n) is 6.63. The predicted octanol–water partition coefficient (Wildman–Crippen LogP) is 6.85. The Morgan fingerprint density at radius 2 is 1.88 bits per heavy atom. The molecular weight excluding hydrogens is 425 g/mol. The highest BCUT2D eigenvalue weighted by Gasteiger charge is 2.30. The summed E-state index contributed by atoms with van der Waals surface area (Å²) in [6.07, 6.45) is 5.61. The van der Waals surface area contributed by atoms with Crippen LogP contribution >= 0.6 is 11.6 Å². The summed E-state index contributed by atoms with van der Waals surface area (Å²) >= 11 is 5.97. The van der Waals surface area contributed by atoms with E-state index in [9.17, 15) is 9.18 Å². The van der Waals surface area contributed by atoms with E-state index in [0.717, 1.165) is 47.7 Å².